The van der Waals surface area contributed by atoms with E-state index in [1.807, 2.05) is 0 Å². The predicted octanol–water partition coefficient (Wildman–Crippen LogP) is 0.809. The Morgan fingerprint density at radius 2 is 1.82 bits per heavy atom. The van der Waals surface area contributed by atoms with Crippen LogP contribution in [0.5, 0.6) is 0 Å². The van der Waals surface area contributed by atoms with Crippen LogP contribution in [0.25, 0.3) is 6.08 Å². The maximum absolute atomic E-state index is 12.6. The van der Waals surface area contributed by atoms with Crippen LogP contribution in [0.15, 0.2) is 35.7 Å². The normalized spacial score (nSPS) is 16.5. The molecule has 1 amide bonds. The largest absolute Gasteiger partial charge is 0.375 e. The second kappa shape index (κ2) is 7.04. The van der Waals surface area contributed by atoms with Crippen molar-refractivity contribution in [2.45, 2.75) is 4.90 Å². The Hall–Kier alpha value is -1.70. The fourth-order valence-corrected chi connectivity index (χ4v) is 3.74. The van der Waals surface area contributed by atoms with Crippen molar-refractivity contribution in [3.8, 4) is 0 Å². The fourth-order valence-electron chi connectivity index (χ4n) is 2.32. The van der Waals surface area contributed by atoms with Gasteiger partial charge in [-0.1, -0.05) is 24.8 Å². The number of piperazine rings is 1. The number of carbonyl (C=O) groups excluding carboxylic acids is 1. The van der Waals surface area contributed by atoms with Gasteiger partial charge in [-0.25, -0.2) is 8.42 Å². The van der Waals surface area contributed by atoms with E-state index in [0.717, 1.165) is 5.56 Å². The maximum Gasteiger partial charge on any atom is 0.248 e. The van der Waals surface area contributed by atoms with Gasteiger partial charge in [0.2, 0.25) is 15.9 Å². The molecule has 2 rings (SSSR count). The first-order chi connectivity index (χ1) is 10.5. The van der Waals surface area contributed by atoms with Crippen molar-refractivity contribution in [1.82, 2.24) is 9.21 Å². The molecule has 0 bridgehead atoms. The number of amides is 1. The molecule has 120 valence electrons. The van der Waals surface area contributed by atoms with Crippen LogP contribution in [0.2, 0.25) is 0 Å². The molecule has 0 N–H and O–H groups in total. The fraction of sp³-hybridized carbons (Fsp3) is 0.400. The third kappa shape index (κ3) is 3.55. The van der Waals surface area contributed by atoms with Crippen molar-refractivity contribution in [1.29, 1.82) is 0 Å². The molecule has 1 aromatic carbocycles. The summed E-state index contributed by atoms with van der Waals surface area (Å²) in [6.45, 7) is 5.02. The Labute approximate surface area is 131 Å². The minimum absolute atomic E-state index is 0.0236. The molecule has 0 spiro atoms. The molecule has 1 saturated heterocycles. The highest BCUT2D eigenvalue weighted by molar-refractivity contribution is 7.89. The lowest BCUT2D eigenvalue weighted by molar-refractivity contribution is -0.136. The smallest absolute Gasteiger partial charge is 0.248 e. The molecular weight excluding hydrogens is 304 g/mol. The topological polar surface area (TPSA) is 66.9 Å². The van der Waals surface area contributed by atoms with Crippen LogP contribution in [0.1, 0.15) is 5.56 Å². The van der Waals surface area contributed by atoms with Crippen molar-refractivity contribution in [3.05, 3.63) is 36.4 Å². The second-order valence-corrected chi connectivity index (χ2v) is 6.93. The maximum atomic E-state index is 12.6. The first kappa shape index (κ1) is 16.7. The highest BCUT2D eigenvalue weighted by Crippen LogP contribution is 2.18. The zero-order valence-electron chi connectivity index (χ0n) is 12.6. The molecule has 1 fully saturated rings. The molecule has 0 radical (unpaired) electrons. The van der Waals surface area contributed by atoms with E-state index in [1.54, 1.807) is 35.2 Å². The molecule has 0 atom stereocenters. The average molecular weight is 324 g/mol. The summed E-state index contributed by atoms with van der Waals surface area (Å²) >= 11 is 0. The molecule has 1 heterocycles. The Balaban J connectivity index is 2.05. The summed E-state index contributed by atoms with van der Waals surface area (Å²) in [5.41, 5.74) is 0.869. The van der Waals surface area contributed by atoms with Gasteiger partial charge in [-0.05, 0) is 17.7 Å². The molecule has 6 nitrogen and oxygen atoms in total. The van der Waals surface area contributed by atoms with Gasteiger partial charge < -0.3 is 9.64 Å². The lowest BCUT2D eigenvalue weighted by Gasteiger charge is -2.33. The van der Waals surface area contributed by atoms with Gasteiger partial charge in [0.1, 0.15) is 6.61 Å². The molecule has 22 heavy (non-hydrogen) atoms. The summed E-state index contributed by atoms with van der Waals surface area (Å²) in [4.78, 5) is 13.6. The number of rotatable bonds is 5. The Kier molecular flexibility index (Phi) is 5.33. The number of nitrogens with zero attached hydrogens (tertiary/aromatic N) is 2. The monoisotopic (exact) mass is 324 g/mol. The van der Waals surface area contributed by atoms with Crippen molar-refractivity contribution in [2.24, 2.45) is 0 Å². The third-order valence-corrected chi connectivity index (χ3v) is 5.53. The number of sulfonamides is 1. The molecule has 1 aromatic rings. The Bertz CT molecular complexity index is 632. The van der Waals surface area contributed by atoms with Crippen LogP contribution >= 0.6 is 0 Å². The van der Waals surface area contributed by atoms with Crippen LogP contribution in [-0.4, -0.2) is 63.4 Å². The van der Waals surface area contributed by atoms with Crippen LogP contribution in [0.3, 0.4) is 0 Å². The van der Waals surface area contributed by atoms with Gasteiger partial charge in [0.25, 0.3) is 0 Å². The van der Waals surface area contributed by atoms with Gasteiger partial charge in [0, 0.05) is 33.3 Å². The van der Waals surface area contributed by atoms with E-state index >= 15 is 0 Å². The van der Waals surface area contributed by atoms with Gasteiger partial charge in [-0.2, -0.15) is 4.31 Å². The first-order valence-corrected chi connectivity index (χ1v) is 8.42. The lowest BCUT2D eigenvalue weighted by Crippen LogP contribution is -2.51. The zero-order chi connectivity index (χ0) is 16.2. The molecule has 0 aromatic heterocycles. The van der Waals surface area contributed by atoms with E-state index < -0.39 is 10.0 Å². The van der Waals surface area contributed by atoms with Crippen LogP contribution < -0.4 is 0 Å². The number of methoxy groups -OCH3 is 1. The minimum Gasteiger partial charge on any atom is -0.375 e. The summed E-state index contributed by atoms with van der Waals surface area (Å²) in [5.74, 6) is -0.116. The summed E-state index contributed by atoms with van der Waals surface area (Å²) in [6.07, 6.45) is 1.66. The molecular formula is C15H20N2O4S. The molecule has 0 unspecified atom stereocenters. The molecule has 1 aliphatic rings. The zero-order valence-corrected chi connectivity index (χ0v) is 13.4. The van der Waals surface area contributed by atoms with Crippen molar-refractivity contribution in [3.63, 3.8) is 0 Å². The first-order valence-electron chi connectivity index (χ1n) is 6.98. The van der Waals surface area contributed by atoms with E-state index in [0.29, 0.717) is 26.2 Å². The van der Waals surface area contributed by atoms with E-state index in [4.69, 9.17) is 4.74 Å². The Morgan fingerprint density at radius 1 is 1.23 bits per heavy atom. The minimum atomic E-state index is -3.52. The van der Waals surface area contributed by atoms with Crippen LogP contribution in [-0.2, 0) is 19.6 Å². The van der Waals surface area contributed by atoms with Gasteiger partial charge in [-0.15, -0.1) is 0 Å². The van der Waals surface area contributed by atoms with Gasteiger partial charge in [0.05, 0.1) is 4.90 Å². The number of carbonyl (C=O) groups is 1. The summed E-state index contributed by atoms with van der Waals surface area (Å²) in [5, 5.41) is 0. The van der Waals surface area contributed by atoms with E-state index in [9.17, 15) is 13.2 Å². The third-order valence-electron chi connectivity index (χ3n) is 3.61. The van der Waals surface area contributed by atoms with Gasteiger partial charge in [-0.3, -0.25) is 4.79 Å². The van der Waals surface area contributed by atoms with Gasteiger partial charge >= 0.3 is 0 Å². The summed E-state index contributed by atoms with van der Waals surface area (Å²) in [7, 11) is -2.05. The number of hydrogen-bond donors (Lipinski definition) is 0. The quantitative estimate of drug-likeness (QED) is 0.804. The van der Waals surface area contributed by atoms with Crippen molar-refractivity contribution < 1.29 is 17.9 Å². The van der Waals surface area contributed by atoms with Crippen LogP contribution in [0, 0.1) is 0 Å². The predicted molar refractivity (Wildman–Crippen MR) is 83.7 cm³/mol. The molecule has 7 heteroatoms. The van der Waals surface area contributed by atoms with Crippen molar-refractivity contribution in [2.75, 3.05) is 39.9 Å². The average Bonchev–Trinajstić information content (AvgIpc) is 2.55. The summed E-state index contributed by atoms with van der Waals surface area (Å²) < 4.78 is 31.3. The standard InChI is InChI=1S/C15H20N2O4S/c1-3-13-4-6-14(7-5-13)22(19,20)17-10-8-16(9-11-17)15(18)12-21-2/h3-7H,1,8-12H2,2H3. The van der Waals surface area contributed by atoms with E-state index in [2.05, 4.69) is 6.58 Å². The number of hydrogen-bond acceptors (Lipinski definition) is 4. The number of ether oxygens (including phenoxy) is 1. The molecule has 1 aliphatic heterocycles. The second-order valence-electron chi connectivity index (χ2n) is 4.99. The highest BCUT2D eigenvalue weighted by atomic mass is 32.2. The van der Waals surface area contributed by atoms with E-state index in [-0.39, 0.29) is 17.4 Å². The summed E-state index contributed by atoms with van der Waals surface area (Å²) in [6, 6.07) is 6.60. The van der Waals surface area contributed by atoms with Crippen LogP contribution in [0.4, 0.5) is 0 Å². The highest BCUT2D eigenvalue weighted by Gasteiger charge is 2.29. The van der Waals surface area contributed by atoms with E-state index in [1.165, 1.54) is 11.4 Å². The van der Waals surface area contributed by atoms with Gasteiger partial charge in [0.15, 0.2) is 0 Å². The molecule has 0 saturated carbocycles. The molecule has 0 aliphatic carbocycles. The SMILES string of the molecule is C=Cc1ccc(S(=O)(=O)N2CCN(C(=O)COC)CC2)cc1. The lowest BCUT2D eigenvalue weighted by atomic mass is 10.2. The number of benzene rings is 1. The Morgan fingerprint density at radius 3 is 2.32 bits per heavy atom. The van der Waals surface area contributed by atoms with Crippen molar-refractivity contribution >= 4 is 22.0 Å².